The first-order chi connectivity index (χ1) is 6.74. The molecular weight excluding hydrogens is 178 g/mol. The Bertz CT molecular complexity index is 236. The number of carbonyl (C=O) groups is 1. The number of piperidine rings is 1. The van der Waals surface area contributed by atoms with E-state index >= 15 is 0 Å². The van der Waals surface area contributed by atoms with Gasteiger partial charge in [0.15, 0.2) is 0 Å². The summed E-state index contributed by atoms with van der Waals surface area (Å²) in [6.45, 7) is 3.63. The van der Waals surface area contributed by atoms with E-state index in [1.165, 1.54) is 19.3 Å². The van der Waals surface area contributed by atoms with Crippen LogP contribution in [0.3, 0.4) is 0 Å². The predicted octanol–water partition coefficient (Wildman–Crippen LogP) is 1.64. The Morgan fingerprint density at radius 1 is 1.36 bits per heavy atom. The number of rotatable bonds is 3. The van der Waals surface area contributed by atoms with Crippen molar-refractivity contribution in [1.29, 1.82) is 0 Å². The van der Waals surface area contributed by atoms with Gasteiger partial charge in [-0.25, -0.2) is 0 Å². The third-order valence-electron chi connectivity index (χ3n) is 3.55. The summed E-state index contributed by atoms with van der Waals surface area (Å²) in [5, 5.41) is 9.08. The molecule has 1 N–H and O–H groups in total. The molecule has 2 aliphatic rings. The van der Waals surface area contributed by atoms with Crippen molar-refractivity contribution < 1.29 is 9.90 Å². The smallest absolute Gasteiger partial charge is 0.324 e. The Kier molecular flexibility index (Phi) is 2.59. The van der Waals surface area contributed by atoms with Crippen molar-refractivity contribution in [2.75, 3.05) is 0 Å². The number of hydrogen-bond acceptors (Lipinski definition) is 2. The largest absolute Gasteiger partial charge is 0.480 e. The third kappa shape index (κ3) is 1.46. The molecule has 3 unspecified atom stereocenters. The summed E-state index contributed by atoms with van der Waals surface area (Å²) in [4.78, 5) is 13.2. The molecule has 0 aromatic heterocycles. The minimum atomic E-state index is -0.751. The summed E-state index contributed by atoms with van der Waals surface area (Å²) < 4.78 is 0. The molecule has 3 atom stereocenters. The van der Waals surface area contributed by atoms with Crippen LogP contribution in [0.25, 0.3) is 0 Å². The molecule has 0 aromatic rings. The maximum Gasteiger partial charge on any atom is 0.324 e. The number of fused-ring (bicyclic) bond motifs is 2. The van der Waals surface area contributed by atoms with E-state index in [1.54, 1.807) is 6.08 Å². The Hall–Kier alpha value is -0.830. The predicted molar refractivity (Wildman–Crippen MR) is 54.1 cm³/mol. The van der Waals surface area contributed by atoms with E-state index in [-0.39, 0.29) is 0 Å². The highest BCUT2D eigenvalue weighted by molar-refractivity contribution is 5.75. The second kappa shape index (κ2) is 3.73. The number of hydrogen-bond donors (Lipinski definition) is 1. The lowest BCUT2D eigenvalue weighted by Crippen LogP contribution is -2.49. The van der Waals surface area contributed by atoms with Crippen LogP contribution in [0.2, 0.25) is 0 Å². The summed E-state index contributed by atoms with van der Waals surface area (Å²) in [6, 6.07) is 0.522. The fourth-order valence-corrected chi connectivity index (χ4v) is 2.96. The molecular formula is C11H17NO2. The first kappa shape index (κ1) is 9.71. The molecule has 2 saturated heterocycles. The summed E-state index contributed by atoms with van der Waals surface area (Å²) in [7, 11) is 0. The maximum absolute atomic E-state index is 11.0. The molecule has 14 heavy (non-hydrogen) atoms. The van der Waals surface area contributed by atoms with Gasteiger partial charge in [-0.1, -0.05) is 12.5 Å². The summed E-state index contributed by atoms with van der Waals surface area (Å²) >= 11 is 0. The van der Waals surface area contributed by atoms with Crippen molar-refractivity contribution in [3.63, 3.8) is 0 Å². The molecule has 0 saturated carbocycles. The summed E-state index contributed by atoms with van der Waals surface area (Å²) in [6.07, 6.45) is 7.49. The van der Waals surface area contributed by atoms with Crippen molar-refractivity contribution in [2.45, 2.75) is 50.2 Å². The van der Waals surface area contributed by atoms with Crippen molar-refractivity contribution in [2.24, 2.45) is 0 Å². The second-order valence-corrected chi connectivity index (χ2v) is 4.28. The van der Waals surface area contributed by atoms with Gasteiger partial charge in [-0.05, 0) is 25.7 Å². The average Bonchev–Trinajstić information content (AvgIpc) is 2.42. The third-order valence-corrected chi connectivity index (χ3v) is 3.55. The SMILES string of the molecule is C=CC(C(=O)O)N1C2CCCC1CC2. The van der Waals surface area contributed by atoms with Gasteiger partial charge >= 0.3 is 5.97 Å². The quantitative estimate of drug-likeness (QED) is 0.696. The number of aliphatic carboxylic acids is 1. The summed E-state index contributed by atoms with van der Waals surface area (Å²) in [5.41, 5.74) is 0. The van der Waals surface area contributed by atoms with E-state index in [4.69, 9.17) is 5.11 Å². The fourth-order valence-electron chi connectivity index (χ4n) is 2.96. The van der Waals surface area contributed by atoms with Gasteiger partial charge in [-0.2, -0.15) is 0 Å². The van der Waals surface area contributed by atoms with E-state index < -0.39 is 12.0 Å². The molecule has 0 spiro atoms. The van der Waals surface area contributed by atoms with Gasteiger partial charge in [0.2, 0.25) is 0 Å². The van der Waals surface area contributed by atoms with Gasteiger partial charge in [0.05, 0.1) is 0 Å². The first-order valence-corrected chi connectivity index (χ1v) is 5.37. The lowest BCUT2D eigenvalue weighted by molar-refractivity contribution is -0.143. The van der Waals surface area contributed by atoms with Gasteiger partial charge < -0.3 is 5.11 Å². The Labute approximate surface area is 84.4 Å². The van der Waals surface area contributed by atoms with Gasteiger partial charge in [-0.15, -0.1) is 6.58 Å². The van der Waals surface area contributed by atoms with E-state index in [2.05, 4.69) is 11.5 Å². The maximum atomic E-state index is 11.0. The van der Waals surface area contributed by atoms with Gasteiger partial charge in [0.25, 0.3) is 0 Å². The minimum Gasteiger partial charge on any atom is -0.480 e. The first-order valence-electron chi connectivity index (χ1n) is 5.37. The molecule has 3 heteroatoms. The molecule has 2 aliphatic heterocycles. The van der Waals surface area contributed by atoms with Crippen molar-refractivity contribution in [1.82, 2.24) is 4.90 Å². The minimum absolute atomic E-state index is 0.465. The van der Waals surface area contributed by atoms with Crippen LogP contribution in [0, 0.1) is 0 Å². The van der Waals surface area contributed by atoms with Gasteiger partial charge in [0, 0.05) is 12.1 Å². The normalized spacial score (nSPS) is 34.0. The molecule has 0 amide bonds. The van der Waals surface area contributed by atoms with Crippen LogP contribution in [0.15, 0.2) is 12.7 Å². The van der Waals surface area contributed by atoms with Crippen LogP contribution in [0.5, 0.6) is 0 Å². The van der Waals surface area contributed by atoms with Crippen molar-refractivity contribution in [3.8, 4) is 0 Å². The molecule has 0 aromatic carbocycles. The highest BCUT2D eigenvalue weighted by Crippen LogP contribution is 2.37. The van der Waals surface area contributed by atoms with Crippen LogP contribution in [0.4, 0.5) is 0 Å². The van der Waals surface area contributed by atoms with Crippen LogP contribution in [0.1, 0.15) is 32.1 Å². The Morgan fingerprint density at radius 3 is 2.36 bits per heavy atom. The van der Waals surface area contributed by atoms with Gasteiger partial charge in [-0.3, -0.25) is 9.69 Å². The van der Waals surface area contributed by atoms with Crippen molar-refractivity contribution in [3.05, 3.63) is 12.7 Å². The van der Waals surface area contributed by atoms with Crippen LogP contribution in [-0.2, 0) is 4.79 Å². The molecule has 2 heterocycles. The standard InChI is InChI=1S/C11H17NO2/c1-2-10(11(13)14)12-8-4-3-5-9(12)7-6-8/h2,8-10H,1,3-7H2,(H,13,14). The van der Waals surface area contributed by atoms with Crippen molar-refractivity contribution >= 4 is 5.97 Å². The van der Waals surface area contributed by atoms with E-state index in [0.717, 1.165) is 12.8 Å². The zero-order valence-corrected chi connectivity index (χ0v) is 8.35. The Balaban J connectivity index is 2.16. The second-order valence-electron chi connectivity index (χ2n) is 4.28. The van der Waals surface area contributed by atoms with E-state index in [0.29, 0.717) is 12.1 Å². The topological polar surface area (TPSA) is 40.5 Å². The number of carboxylic acid groups (broad SMARTS) is 1. The molecule has 2 bridgehead atoms. The monoisotopic (exact) mass is 195 g/mol. The molecule has 3 nitrogen and oxygen atoms in total. The number of carboxylic acids is 1. The molecule has 2 rings (SSSR count). The molecule has 0 aliphatic carbocycles. The molecule has 2 fully saturated rings. The fraction of sp³-hybridized carbons (Fsp3) is 0.727. The lowest BCUT2D eigenvalue weighted by atomic mass is 10.0. The van der Waals surface area contributed by atoms with Crippen LogP contribution in [-0.4, -0.2) is 34.1 Å². The molecule has 78 valence electrons. The van der Waals surface area contributed by atoms with E-state index in [1.807, 2.05) is 0 Å². The van der Waals surface area contributed by atoms with Gasteiger partial charge in [0.1, 0.15) is 6.04 Å². The highest BCUT2D eigenvalue weighted by atomic mass is 16.4. The lowest BCUT2D eigenvalue weighted by Gasteiger charge is -2.37. The average molecular weight is 195 g/mol. The highest BCUT2D eigenvalue weighted by Gasteiger charge is 2.41. The number of nitrogens with zero attached hydrogens (tertiary/aromatic N) is 1. The zero-order chi connectivity index (χ0) is 10.1. The van der Waals surface area contributed by atoms with Crippen LogP contribution < -0.4 is 0 Å². The zero-order valence-electron chi connectivity index (χ0n) is 8.35. The molecule has 0 radical (unpaired) electrons. The van der Waals surface area contributed by atoms with E-state index in [9.17, 15) is 4.79 Å². The summed E-state index contributed by atoms with van der Waals surface area (Å²) in [5.74, 6) is -0.751. The van der Waals surface area contributed by atoms with Crippen LogP contribution >= 0.6 is 0 Å². The Morgan fingerprint density at radius 2 is 1.93 bits per heavy atom.